The van der Waals surface area contributed by atoms with Crippen molar-refractivity contribution < 1.29 is 15.0 Å². The van der Waals surface area contributed by atoms with Crippen LogP contribution < -0.4 is 5.32 Å². The minimum Gasteiger partial charge on any atom is -0.394 e. The second-order valence-electron chi connectivity index (χ2n) is 18.3. The molecular weight excluding hydrogens is 747 g/mol. The second kappa shape index (κ2) is 52.4. The van der Waals surface area contributed by atoms with Crippen molar-refractivity contribution in [1.29, 1.82) is 0 Å². The molecule has 0 saturated heterocycles. The van der Waals surface area contributed by atoms with Crippen LogP contribution in [0.15, 0.2) is 60.8 Å². The molecule has 0 aliphatic rings. The van der Waals surface area contributed by atoms with E-state index in [9.17, 15) is 15.0 Å². The number of nitrogens with one attached hydrogen (secondary N) is 1. The zero-order valence-electron chi connectivity index (χ0n) is 40.9. The molecule has 2 unspecified atom stereocenters. The van der Waals surface area contributed by atoms with Crippen molar-refractivity contribution in [2.45, 2.75) is 289 Å². The summed E-state index contributed by atoms with van der Waals surface area (Å²) in [5.74, 6) is -0.0777. The van der Waals surface area contributed by atoms with E-state index in [2.05, 4.69) is 67.8 Å². The van der Waals surface area contributed by atoms with E-state index in [1.165, 1.54) is 212 Å². The average molecular weight is 852 g/mol. The normalized spacial score (nSPS) is 13.3. The first-order chi connectivity index (χ1) is 30.2. The summed E-state index contributed by atoms with van der Waals surface area (Å²) in [6.07, 6.45) is 73.7. The zero-order chi connectivity index (χ0) is 44.2. The maximum absolute atomic E-state index is 12.5. The maximum atomic E-state index is 12.5. The number of amides is 1. The van der Waals surface area contributed by atoms with Crippen LogP contribution in [-0.2, 0) is 4.79 Å². The van der Waals surface area contributed by atoms with Crippen LogP contribution in [0, 0.1) is 0 Å². The smallest absolute Gasteiger partial charge is 0.220 e. The number of carbonyl (C=O) groups excluding carboxylic acids is 1. The standard InChI is InChI=1S/C57H105NO3/c1-3-5-7-9-11-13-15-17-19-21-23-25-27-29-31-33-35-37-39-41-43-45-47-49-51-53-57(61)58-55(54-59)56(60)52-50-48-46-44-42-40-38-36-34-32-30-28-26-24-22-20-18-16-14-12-10-8-6-4-2/h15,17,21,23,34,36,42,44,50,52,55-56,59-60H,3-14,16,18-20,22,24-33,35,37-41,43,45-49,51,53-54H2,1-2H3,(H,58,61)/b17-15-,23-21-,36-34+,44-42+,52-50+. The van der Waals surface area contributed by atoms with Gasteiger partial charge in [0.2, 0.25) is 5.91 Å². The molecule has 0 aliphatic carbocycles. The molecule has 0 saturated carbocycles. The van der Waals surface area contributed by atoms with Crippen LogP contribution in [0.4, 0.5) is 0 Å². The van der Waals surface area contributed by atoms with Crippen LogP contribution in [0.1, 0.15) is 277 Å². The highest BCUT2D eigenvalue weighted by Crippen LogP contribution is 2.16. The fourth-order valence-corrected chi connectivity index (χ4v) is 8.07. The van der Waals surface area contributed by atoms with Crippen LogP contribution in [0.3, 0.4) is 0 Å². The number of hydrogen-bond acceptors (Lipinski definition) is 3. The van der Waals surface area contributed by atoms with Crippen molar-refractivity contribution in [3.8, 4) is 0 Å². The van der Waals surface area contributed by atoms with Gasteiger partial charge >= 0.3 is 0 Å². The summed E-state index contributed by atoms with van der Waals surface area (Å²) in [5.41, 5.74) is 0. The number of aliphatic hydroxyl groups is 2. The molecule has 356 valence electrons. The van der Waals surface area contributed by atoms with Gasteiger partial charge in [0.05, 0.1) is 18.8 Å². The van der Waals surface area contributed by atoms with Crippen LogP contribution in [-0.4, -0.2) is 34.9 Å². The van der Waals surface area contributed by atoms with Gasteiger partial charge in [0.25, 0.3) is 0 Å². The molecule has 61 heavy (non-hydrogen) atoms. The Balaban J connectivity index is 3.58. The first-order valence-electron chi connectivity index (χ1n) is 27.0. The predicted molar refractivity (Wildman–Crippen MR) is 271 cm³/mol. The lowest BCUT2D eigenvalue weighted by molar-refractivity contribution is -0.123. The molecule has 3 N–H and O–H groups in total. The SMILES string of the molecule is CCCCCCC/C=C\C/C=C\CCCCCCCCCCCCCCCC(=O)NC(CO)C(O)/C=C/CC/C=C/CC/C=C/CCCCCCCCCCCCCCCC. The molecule has 0 heterocycles. The van der Waals surface area contributed by atoms with Gasteiger partial charge < -0.3 is 15.5 Å². The van der Waals surface area contributed by atoms with Crippen molar-refractivity contribution in [3.63, 3.8) is 0 Å². The molecule has 0 spiro atoms. The fraction of sp³-hybridized carbons (Fsp3) is 0.807. The largest absolute Gasteiger partial charge is 0.394 e. The number of allylic oxidation sites excluding steroid dienone is 9. The van der Waals surface area contributed by atoms with Gasteiger partial charge in [0.15, 0.2) is 0 Å². The molecule has 0 aromatic rings. The summed E-state index contributed by atoms with van der Waals surface area (Å²) in [6, 6.07) is -0.648. The van der Waals surface area contributed by atoms with E-state index >= 15 is 0 Å². The zero-order valence-corrected chi connectivity index (χ0v) is 40.9. The summed E-state index contributed by atoms with van der Waals surface area (Å²) in [6.45, 7) is 4.30. The first kappa shape index (κ1) is 59.1. The van der Waals surface area contributed by atoms with Gasteiger partial charge in [-0.15, -0.1) is 0 Å². The van der Waals surface area contributed by atoms with E-state index < -0.39 is 12.1 Å². The third-order valence-corrected chi connectivity index (χ3v) is 12.2. The van der Waals surface area contributed by atoms with Gasteiger partial charge in [0, 0.05) is 6.42 Å². The highest BCUT2D eigenvalue weighted by Gasteiger charge is 2.17. The highest BCUT2D eigenvalue weighted by atomic mass is 16.3. The molecule has 0 aromatic heterocycles. The Kier molecular flexibility index (Phi) is 50.8. The molecule has 0 aliphatic heterocycles. The van der Waals surface area contributed by atoms with Crippen molar-refractivity contribution in [2.24, 2.45) is 0 Å². The van der Waals surface area contributed by atoms with Gasteiger partial charge in [-0.2, -0.15) is 0 Å². The number of hydrogen-bond donors (Lipinski definition) is 3. The molecule has 0 rings (SSSR count). The predicted octanol–water partition coefficient (Wildman–Crippen LogP) is 17.6. The third kappa shape index (κ3) is 49.0. The molecule has 0 aromatic carbocycles. The van der Waals surface area contributed by atoms with Crippen molar-refractivity contribution in [1.82, 2.24) is 5.32 Å². The Morgan fingerprint density at radius 1 is 0.393 bits per heavy atom. The summed E-state index contributed by atoms with van der Waals surface area (Å²) in [7, 11) is 0. The average Bonchev–Trinajstić information content (AvgIpc) is 3.26. The summed E-state index contributed by atoms with van der Waals surface area (Å²) in [5, 5.41) is 23.1. The summed E-state index contributed by atoms with van der Waals surface area (Å²) < 4.78 is 0. The Morgan fingerprint density at radius 2 is 0.689 bits per heavy atom. The van der Waals surface area contributed by atoms with Crippen LogP contribution in [0.2, 0.25) is 0 Å². The molecule has 0 bridgehead atoms. The lowest BCUT2D eigenvalue weighted by Crippen LogP contribution is -2.45. The van der Waals surface area contributed by atoms with Crippen LogP contribution >= 0.6 is 0 Å². The lowest BCUT2D eigenvalue weighted by atomic mass is 10.0. The molecule has 4 heteroatoms. The minimum absolute atomic E-state index is 0.0777. The Morgan fingerprint density at radius 3 is 1.05 bits per heavy atom. The number of unbranched alkanes of at least 4 members (excludes halogenated alkanes) is 34. The highest BCUT2D eigenvalue weighted by molar-refractivity contribution is 5.76. The Bertz CT molecular complexity index is 1010. The molecule has 0 fully saturated rings. The fourth-order valence-electron chi connectivity index (χ4n) is 8.07. The molecule has 4 nitrogen and oxygen atoms in total. The van der Waals surface area contributed by atoms with E-state index in [1.54, 1.807) is 6.08 Å². The van der Waals surface area contributed by atoms with Gasteiger partial charge in [-0.1, -0.05) is 254 Å². The van der Waals surface area contributed by atoms with E-state index in [4.69, 9.17) is 0 Å². The van der Waals surface area contributed by atoms with Crippen molar-refractivity contribution in [2.75, 3.05) is 6.61 Å². The first-order valence-corrected chi connectivity index (χ1v) is 27.0. The lowest BCUT2D eigenvalue weighted by Gasteiger charge is -2.19. The quantitative estimate of drug-likeness (QED) is 0.0422. The Labute approximate surface area is 381 Å². The van der Waals surface area contributed by atoms with Gasteiger partial charge in [-0.3, -0.25) is 4.79 Å². The molecule has 0 radical (unpaired) electrons. The third-order valence-electron chi connectivity index (χ3n) is 12.2. The van der Waals surface area contributed by atoms with E-state index in [0.29, 0.717) is 6.42 Å². The minimum atomic E-state index is -0.873. The molecular formula is C57H105NO3. The topological polar surface area (TPSA) is 69.6 Å². The van der Waals surface area contributed by atoms with Gasteiger partial charge in [-0.25, -0.2) is 0 Å². The maximum Gasteiger partial charge on any atom is 0.220 e. The monoisotopic (exact) mass is 852 g/mol. The second-order valence-corrected chi connectivity index (χ2v) is 18.3. The Hall–Kier alpha value is -1.91. The summed E-state index contributed by atoms with van der Waals surface area (Å²) >= 11 is 0. The van der Waals surface area contributed by atoms with Crippen LogP contribution in [0.25, 0.3) is 0 Å². The number of aliphatic hydroxyl groups excluding tert-OH is 2. The van der Waals surface area contributed by atoms with Gasteiger partial charge in [-0.05, 0) is 77.0 Å². The number of rotatable bonds is 49. The summed E-state index contributed by atoms with van der Waals surface area (Å²) in [4.78, 5) is 12.5. The van der Waals surface area contributed by atoms with E-state index in [0.717, 1.165) is 44.9 Å². The van der Waals surface area contributed by atoms with Gasteiger partial charge in [0.1, 0.15) is 0 Å². The van der Waals surface area contributed by atoms with Crippen LogP contribution in [0.5, 0.6) is 0 Å². The van der Waals surface area contributed by atoms with Crippen molar-refractivity contribution in [3.05, 3.63) is 60.8 Å². The number of carbonyl (C=O) groups is 1. The van der Waals surface area contributed by atoms with Crippen molar-refractivity contribution >= 4 is 5.91 Å². The van der Waals surface area contributed by atoms with E-state index in [1.807, 2.05) is 6.08 Å². The molecule has 2 atom stereocenters. The van der Waals surface area contributed by atoms with E-state index in [-0.39, 0.29) is 12.5 Å². The molecule has 1 amide bonds.